The van der Waals surface area contributed by atoms with Crippen LogP contribution in [-0.2, 0) is 18.4 Å². The number of furan rings is 1. The Balaban J connectivity index is 0.000000442. The van der Waals surface area contributed by atoms with Gasteiger partial charge in [-0.1, -0.05) is 6.42 Å². The van der Waals surface area contributed by atoms with Gasteiger partial charge in [-0.3, -0.25) is 9.59 Å². The number of carbonyl (C=O) groups is 2. The van der Waals surface area contributed by atoms with Crippen molar-refractivity contribution >= 4 is 11.8 Å². The minimum absolute atomic E-state index is 0.103. The van der Waals surface area contributed by atoms with Crippen LogP contribution in [0.15, 0.2) is 47.4 Å². The van der Waals surface area contributed by atoms with Crippen LogP contribution in [0.4, 0.5) is 0 Å². The Morgan fingerprint density at radius 2 is 1.97 bits per heavy atom. The van der Waals surface area contributed by atoms with Crippen LogP contribution in [0.1, 0.15) is 35.5 Å². The van der Waals surface area contributed by atoms with Crippen molar-refractivity contribution in [1.29, 1.82) is 0 Å². The maximum atomic E-state index is 12.0. The topological polar surface area (TPSA) is 123 Å². The third-order valence-corrected chi connectivity index (χ3v) is 4.86. The summed E-state index contributed by atoms with van der Waals surface area (Å²) in [5.41, 5.74) is 1.38. The molecule has 3 N–H and O–H groups in total. The Bertz CT molecular complexity index is 1010. The molecular weight excluding hydrogens is 424 g/mol. The van der Waals surface area contributed by atoms with Gasteiger partial charge >= 0.3 is 0 Å². The highest BCUT2D eigenvalue weighted by Gasteiger charge is 2.13. The van der Waals surface area contributed by atoms with E-state index in [9.17, 15) is 9.59 Å². The molecule has 3 aromatic heterocycles. The minimum Gasteiger partial charge on any atom is -0.486 e. The first-order valence-electron chi connectivity index (χ1n) is 10.9. The molecule has 0 spiro atoms. The van der Waals surface area contributed by atoms with Crippen molar-refractivity contribution in [1.82, 2.24) is 30.5 Å². The van der Waals surface area contributed by atoms with Crippen molar-refractivity contribution < 1.29 is 18.7 Å². The van der Waals surface area contributed by atoms with E-state index in [-0.39, 0.29) is 18.2 Å². The summed E-state index contributed by atoms with van der Waals surface area (Å²) in [5, 5.41) is 8.17. The summed E-state index contributed by atoms with van der Waals surface area (Å²) in [6.45, 7) is 2.73. The number of pyridine rings is 1. The molecule has 0 radical (unpaired) electrons. The number of carbonyl (C=O) groups excluding carboxylic acids is 2. The fraction of sp³-hybridized carbons (Fsp3) is 0.391. The molecule has 33 heavy (non-hydrogen) atoms. The minimum atomic E-state index is -0.472. The van der Waals surface area contributed by atoms with Crippen molar-refractivity contribution in [3.63, 3.8) is 0 Å². The van der Waals surface area contributed by atoms with E-state index in [1.807, 2.05) is 17.8 Å². The molecule has 0 aliphatic carbocycles. The molecule has 1 fully saturated rings. The number of aromatic nitrogens is 3. The molecule has 1 saturated heterocycles. The number of imidazole rings is 1. The number of piperidine rings is 1. The van der Waals surface area contributed by atoms with Crippen molar-refractivity contribution in [2.45, 2.75) is 25.9 Å². The van der Waals surface area contributed by atoms with Gasteiger partial charge in [-0.05, 0) is 50.2 Å². The SMILES string of the molecule is C1CCNCC1.CNC(=O)CNC(=O)c1ccc(-c2ccc(OCc3cn(C)cn3)cn2)o1. The van der Waals surface area contributed by atoms with Crippen LogP contribution in [0, 0.1) is 0 Å². The molecule has 4 rings (SSSR count). The van der Waals surface area contributed by atoms with E-state index in [0.717, 1.165) is 5.69 Å². The Morgan fingerprint density at radius 1 is 1.15 bits per heavy atom. The highest BCUT2D eigenvalue weighted by atomic mass is 16.5. The first kappa shape index (κ1) is 24.0. The van der Waals surface area contributed by atoms with Gasteiger partial charge in [0.05, 0.1) is 24.8 Å². The fourth-order valence-corrected chi connectivity index (χ4v) is 3.05. The number of hydrogen-bond donors (Lipinski definition) is 3. The Morgan fingerprint density at radius 3 is 2.55 bits per heavy atom. The summed E-state index contributed by atoms with van der Waals surface area (Å²) < 4.78 is 13.0. The van der Waals surface area contributed by atoms with Gasteiger partial charge in [0.1, 0.15) is 18.1 Å². The number of nitrogens with zero attached hydrogens (tertiary/aromatic N) is 3. The molecule has 0 saturated carbocycles. The van der Waals surface area contributed by atoms with Crippen LogP contribution in [0.2, 0.25) is 0 Å². The zero-order chi connectivity index (χ0) is 23.5. The van der Waals surface area contributed by atoms with Crippen molar-refractivity contribution in [2.75, 3.05) is 26.7 Å². The molecule has 0 atom stereocenters. The largest absolute Gasteiger partial charge is 0.486 e. The monoisotopic (exact) mass is 454 g/mol. The molecule has 0 unspecified atom stereocenters. The van der Waals surface area contributed by atoms with Gasteiger partial charge < -0.3 is 29.7 Å². The zero-order valence-electron chi connectivity index (χ0n) is 19.0. The number of amides is 2. The second-order valence-corrected chi connectivity index (χ2v) is 7.53. The maximum Gasteiger partial charge on any atom is 0.287 e. The van der Waals surface area contributed by atoms with E-state index in [1.165, 1.54) is 45.5 Å². The summed E-state index contributed by atoms with van der Waals surface area (Å²) in [6.07, 6.45) is 9.37. The van der Waals surface area contributed by atoms with Crippen LogP contribution in [0.25, 0.3) is 11.5 Å². The lowest BCUT2D eigenvalue weighted by atomic mass is 10.2. The molecular formula is C23H30N6O4. The van der Waals surface area contributed by atoms with Crippen LogP contribution < -0.4 is 20.7 Å². The lowest BCUT2D eigenvalue weighted by molar-refractivity contribution is -0.119. The lowest BCUT2D eigenvalue weighted by Gasteiger charge is -2.08. The van der Waals surface area contributed by atoms with Gasteiger partial charge in [0.25, 0.3) is 5.91 Å². The van der Waals surface area contributed by atoms with Crippen LogP contribution in [-0.4, -0.2) is 53.0 Å². The quantitative estimate of drug-likeness (QED) is 0.498. The average molecular weight is 455 g/mol. The number of rotatable bonds is 7. The number of hydrogen-bond acceptors (Lipinski definition) is 7. The van der Waals surface area contributed by atoms with Crippen molar-refractivity contribution in [3.05, 3.63) is 54.4 Å². The molecule has 3 aromatic rings. The number of likely N-dealkylation sites (N-methyl/N-ethyl adjacent to an activating group) is 1. The molecule has 1 aliphatic rings. The van der Waals surface area contributed by atoms with Crippen molar-refractivity contribution in [2.24, 2.45) is 7.05 Å². The van der Waals surface area contributed by atoms with Crippen LogP contribution in [0.5, 0.6) is 5.75 Å². The van der Waals surface area contributed by atoms with Gasteiger partial charge in [0, 0.05) is 20.3 Å². The summed E-state index contributed by atoms with van der Waals surface area (Å²) >= 11 is 0. The Labute approximate surface area is 192 Å². The summed E-state index contributed by atoms with van der Waals surface area (Å²) in [7, 11) is 3.39. The molecule has 0 aromatic carbocycles. The van der Waals surface area contributed by atoms with Crippen LogP contribution in [0.3, 0.4) is 0 Å². The second-order valence-electron chi connectivity index (χ2n) is 7.53. The van der Waals surface area contributed by atoms with Gasteiger partial charge in [0.2, 0.25) is 5.91 Å². The molecule has 1 aliphatic heterocycles. The molecule has 10 heteroatoms. The van der Waals surface area contributed by atoms with Gasteiger partial charge in [-0.2, -0.15) is 0 Å². The van der Waals surface area contributed by atoms with E-state index in [1.54, 1.807) is 30.7 Å². The van der Waals surface area contributed by atoms with Gasteiger partial charge in [0.15, 0.2) is 11.5 Å². The Kier molecular flexibility index (Phi) is 9.01. The highest BCUT2D eigenvalue weighted by Crippen LogP contribution is 2.22. The van der Waals surface area contributed by atoms with Gasteiger partial charge in [-0.25, -0.2) is 9.97 Å². The molecule has 2 amide bonds. The fourth-order valence-electron chi connectivity index (χ4n) is 3.05. The second kappa shape index (κ2) is 12.4. The molecule has 0 bridgehead atoms. The maximum absolute atomic E-state index is 12.0. The average Bonchev–Trinajstić information content (AvgIpc) is 3.52. The summed E-state index contributed by atoms with van der Waals surface area (Å²) in [4.78, 5) is 31.6. The predicted molar refractivity (Wildman–Crippen MR) is 123 cm³/mol. The normalized spacial score (nSPS) is 12.9. The first-order chi connectivity index (χ1) is 16.0. The first-order valence-corrected chi connectivity index (χ1v) is 10.9. The van der Waals surface area contributed by atoms with Gasteiger partial charge in [-0.15, -0.1) is 0 Å². The zero-order valence-corrected chi connectivity index (χ0v) is 19.0. The smallest absolute Gasteiger partial charge is 0.287 e. The number of nitrogens with one attached hydrogen (secondary N) is 3. The highest BCUT2D eigenvalue weighted by molar-refractivity contribution is 5.94. The molecule has 176 valence electrons. The van der Waals surface area contributed by atoms with E-state index >= 15 is 0 Å². The van der Waals surface area contributed by atoms with Crippen molar-refractivity contribution in [3.8, 4) is 17.2 Å². The Hall–Kier alpha value is -3.66. The molecule has 10 nitrogen and oxygen atoms in total. The van der Waals surface area contributed by atoms with E-state index in [0.29, 0.717) is 23.8 Å². The third-order valence-electron chi connectivity index (χ3n) is 4.86. The van der Waals surface area contributed by atoms with E-state index < -0.39 is 5.91 Å². The lowest BCUT2D eigenvalue weighted by Crippen LogP contribution is -2.34. The van der Waals surface area contributed by atoms with E-state index in [2.05, 4.69) is 25.9 Å². The predicted octanol–water partition coefficient (Wildman–Crippen LogP) is 1.89. The molecule has 4 heterocycles. The standard InChI is InChI=1S/C18H19N5O4.C5H11N/c1-19-17(24)8-21-18(25)16-6-5-15(27-16)14-4-3-13(7-20-14)26-10-12-9-23(2)11-22-12;1-2-4-6-5-3-1/h3-7,9,11H,8,10H2,1-2H3,(H,19,24)(H,21,25);6H,1-5H2. The summed E-state index contributed by atoms with van der Waals surface area (Å²) in [6, 6.07) is 6.67. The van der Waals surface area contributed by atoms with Crippen LogP contribution >= 0.6 is 0 Å². The van der Waals surface area contributed by atoms with E-state index in [4.69, 9.17) is 9.15 Å². The number of aryl methyl sites for hydroxylation is 1. The summed E-state index contributed by atoms with van der Waals surface area (Å²) in [5.74, 6) is 0.375. The number of ether oxygens (including phenoxy) is 1. The third kappa shape index (κ3) is 7.76.